The van der Waals surface area contributed by atoms with E-state index in [1.807, 2.05) is 0 Å². The summed E-state index contributed by atoms with van der Waals surface area (Å²) < 4.78 is 35.5. The van der Waals surface area contributed by atoms with Gasteiger partial charge in [-0.15, -0.1) is 0 Å². The summed E-state index contributed by atoms with van der Waals surface area (Å²) in [7, 11) is 0. The number of rotatable bonds is 3. The van der Waals surface area contributed by atoms with Crippen LogP contribution in [0.2, 0.25) is 5.02 Å². The Labute approximate surface area is 89.1 Å². The van der Waals surface area contributed by atoms with Crippen molar-refractivity contribution >= 4 is 17.4 Å². The number of carbonyl (C=O) groups is 1. The molecule has 1 aromatic heterocycles. The maximum absolute atomic E-state index is 11.8. The number of nitrogens with zero attached hydrogens (tertiary/aromatic N) is 1. The highest BCUT2D eigenvalue weighted by Gasteiger charge is 2.30. The third kappa shape index (κ3) is 4.29. The van der Waals surface area contributed by atoms with Crippen molar-refractivity contribution in [2.45, 2.75) is 19.0 Å². The number of aromatic nitrogens is 1. The number of hydrogen-bond acceptors (Lipinski definition) is 2. The molecule has 1 heterocycles. The highest BCUT2D eigenvalue weighted by Crippen LogP contribution is 2.22. The van der Waals surface area contributed by atoms with Crippen LogP contribution in [0.25, 0.3) is 0 Å². The number of halogens is 4. The van der Waals surface area contributed by atoms with Crippen molar-refractivity contribution < 1.29 is 18.0 Å². The van der Waals surface area contributed by atoms with E-state index in [-0.39, 0.29) is 11.4 Å². The lowest BCUT2D eigenvalue weighted by atomic mass is 10.1. The van der Waals surface area contributed by atoms with Gasteiger partial charge in [0.1, 0.15) is 12.2 Å². The SMILES string of the molecule is O=C(Cc1ccncc1Cl)CC(F)(F)F. The van der Waals surface area contributed by atoms with Crippen LogP contribution in [0.5, 0.6) is 0 Å². The third-order valence-electron chi connectivity index (χ3n) is 1.64. The molecule has 0 saturated heterocycles. The first-order valence-corrected chi connectivity index (χ1v) is 4.43. The topological polar surface area (TPSA) is 30.0 Å². The zero-order chi connectivity index (χ0) is 11.5. The second-order valence-electron chi connectivity index (χ2n) is 2.97. The van der Waals surface area contributed by atoms with E-state index in [9.17, 15) is 18.0 Å². The Morgan fingerprint density at radius 2 is 2.13 bits per heavy atom. The molecule has 6 heteroatoms. The van der Waals surface area contributed by atoms with Gasteiger partial charge in [0, 0.05) is 18.8 Å². The molecular weight excluding hydrogens is 231 g/mol. The Morgan fingerprint density at radius 1 is 1.47 bits per heavy atom. The van der Waals surface area contributed by atoms with E-state index >= 15 is 0 Å². The van der Waals surface area contributed by atoms with Gasteiger partial charge < -0.3 is 0 Å². The fraction of sp³-hybridized carbons (Fsp3) is 0.333. The molecule has 0 saturated carbocycles. The number of hydrogen-bond donors (Lipinski definition) is 0. The fourth-order valence-corrected chi connectivity index (χ4v) is 1.23. The number of ketones is 1. The zero-order valence-electron chi connectivity index (χ0n) is 7.51. The van der Waals surface area contributed by atoms with Gasteiger partial charge in [-0.3, -0.25) is 9.78 Å². The molecule has 0 radical (unpaired) electrons. The van der Waals surface area contributed by atoms with Crippen LogP contribution in [-0.4, -0.2) is 16.9 Å². The summed E-state index contributed by atoms with van der Waals surface area (Å²) in [6.45, 7) is 0. The van der Waals surface area contributed by atoms with E-state index in [0.29, 0.717) is 5.56 Å². The number of Topliss-reactive ketones (excluding diaryl/α,β-unsaturated/α-hetero) is 1. The first-order valence-electron chi connectivity index (χ1n) is 4.05. The van der Waals surface area contributed by atoms with Crippen LogP contribution in [0.1, 0.15) is 12.0 Å². The second-order valence-corrected chi connectivity index (χ2v) is 3.38. The summed E-state index contributed by atoms with van der Waals surface area (Å²) in [4.78, 5) is 14.6. The molecule has 0 aliphatic rings. The lowest BCUT2D eigenvalue weighted by Crippen LogP contribution is -2.16. The molecule has 0 bridgehead atoms. The number of alkyl halides is 3. The van der Waals surface area contributed by atoms with E-state index in [0.717, 1.165) is 0 Å². The largest absolute Gasteiger partial charge is 0.395 e. The molecule has 0 unspecified atom stereocenters. The quantitative estimate of drug-likeness (QED) is 0.809. The van der Waals surface area contributed by atoms with Crippen molar-refractivity contribution in [3.63, 3.8) is 0 Å². The van der Waals surface area contributed by atoms with Crippen LogP contribution < -0.4 is 0 Å². The third-order valence-corrected chi connectivity index (χ3v) is 1.98. The first kappa shape index (κ1) is 12.0. The zero-order valence-corrected chi connectivity index (χ0v) is 8.27. The highest BCUT2D eigenvalue weighted by molar-refractivity contribution is 6.31. The monoisotopic (exact) mass is 237 g/mol. The van der Waals surface area contributed by atoms with Crippen LogP contribution in [0.3, 0.4) is 0 Å². The number of pyridine rings is 1. The standard InChI is InChI=1S/C9H7ClF3NO/c10-8-5-14-2-1-6(8)3-7(15)4-9(11,12)13/h1-2,5H,3-4H2. The average Bonchev–Trinajstić information content (AvgIpc) is 2.05. The van der Waals surface area contributed by atoms with Crippen LogP contribution >= 0.6 is 11.6 Å². The molecule has 0 fully saturated rings. The maximum atomic E-state index is 11.8. The molecule has 0 atom stereocenters. The van der Waals surface area contributed by atoms with Crippen LogP contribution in [0, 0.1) is 0 Å². The molecular formula is C9H7ClF3NO. The molecule has 1 rings (SSSR count). The van der Waals surface area contributed by atoms with Gasteiger partial charge in [0.25, 0.3) is 0 Å². The van der Waals surface area contributed by atoms with Gasteiger partial charge in [0.2, 0.25) is 0 Å². The van der Waals surface area contributed by atoms with E-state index in [4.69, 9.17) is 11.6 Å². The van der Waals surface area contributed by atoms with Crippen molar-refractivity contribution in [1.82, 2.24) is 4.98 Å². The molecule has 0 aliphatic heterocycles. The minimum Gasteiger partial charge on any atom is -0.299 e. The number of carbonyl (C=O) groups excluding carboxylic acids is 1. The lowest BCUT2D eigenvalue weighted by Gasteiger charge is -2.05. The molecule has 2 nitrogen and oxygen atoms in total. The lowest BCUT2D eigenvalue weighted by molar-refractivity contribution is -0.151. The van der Waals surface area contributed by atoms with Gasteiger partial charge in [-0.1, -0.05) is 11.6 Å². The summed E-state index contributed by atoms with van der Waals surface area (Å²) in [5.41, 5.74) is 0.362. The second kappa shape index (κ2) is 4.61. The maximum Gasteiger partial charge on any atom is 0.395 e. The molecule has 82 valence electrons. The van der Waals surface area contributed by atoms with E-state index in [1.165, 1.54) is 18.5 Å². The smallest absolute Gasteiger partial charge is 0.299 e. The molecule has 0 amide bonds. The average molecular weight is 238 g/mol. The summed E-state index contributed by atoms with van der Waals surface area (Å²) in [6, 6.07) is 1.43. The predicted molar refractivity (Wildman–Crippen MR) is 48.6 cm³/mol. The molecule has 1 aromatic rings. The van der Waals surface area contributed by atoms with E-state index in [2.05, 4.69) is 4.98 Å². The molecule has 15 heavy (non-hydrogen) atoms. The van der Waals surface area contributed by atoms with Gasteiger partial charge in [-0.2, -0.15) is 13.2 Å². The Kier molecular flexibility index (Phi) is 3.68. The van der Waals surface area contributed by atoms with Gasteiger partial charge in [0.15, 0.2) is 0 Å². The Bertz CT molecular complexity index is 365. The minimum absolute atomic E-state index is 0.202. The molecule has 0 aromatic carbocycles. The van der Waals surface area contributed by atoms with Crippen LogP contribution in [0.4, 0.5) is 13.2 Å². The van der Waals surface area contributed by atoms with E-state index < -0.39 is 18.4 Å². The molecule has 0 spiro atoms. The van der Waals surface area contributed by atoms with Gasteiger partial charge >= 0.3 is 6.18 Å². The van der Waals surface area contributed by atoms with Crippen molar-refractivity contribution in [2.75, 3.05) is 0 Å². The minimum atomic E-state index is -4.46. The van der Waals surface area contributed by atoms with Crippen molar-refractivity contribution in [3.8, 4) is 0 Å². The summed E-state index contributed by atoms with van der Waals surface area (Å²) in [5, 5.41) is 0.202. The summed E-state index contributed by atoms with van der Waals surface area (Å²) >= 11 is 5.64. The Morgan fingerprint density at radius 3 is 2.67 bits per heavy atom. The van der Waals surface area contributed by atoms with Crippen molar-refractivity contribution in [3.05, 3.63) is 29.0 Å². The highest BCUT2D eigenvalue weighted by atomic mass is 35.5. The summed E-state index contributed by atoms with van der Waals surface area (Å²) in [5.74, 6) is -0.907. The van der Waals surface area contributed by atoms with Gasteiger partial charge in [-0.25, -0.2) is 0 Å². The summed E-state index contributed by atoms with van der Waals surface area (Å²) in [6.07, 6.45) is -3.54. The predicted octanol–water partition coefficient (Wildman–Crippen LogP) is 2.80. The first-order chi connectivity index (χ1) is 6.88. The Balaban J connectivity index is 2.64. The van der Waals surface area contributed by atoms with Gasteiger partial charge in [0.05, 0.1) is 5.02 Å². The van der Waals surface area contributed by atoms with E-state index in [1.54, 1.807) is 0 Å². The Hall–Kier alpha value is -1.10. The fourth-order valence-electron chi connectivity index (χ4n) is 1.05. The van der Waals surface area contributed by atoms with Crippen molar-refractivity contribution in [1.29, 1.82) is 0 Å². The van der Waals surface area contributed by atoms with Crippen molar-refractivity contribution in [2.24, 2.45) is 0 Å². The normalized spacial score (nSPS) is 11.5. The van der Waals surface area contributed by atoms with Crippen LogP contribution in [-0.2, 0) is 11.2 Å². The van der Waals surface area contributed by atoms with Gasteiger partial charge in [-0.05, 0) is 11.6 Å². The van der Waals surface area contributed by atoms with Crippen LogP contribution in [0.15, 0.2) is 18.5 Å². The molecule has 0 aliphatic carbocycles. The molecule has 0 N–H and O–H groups in total.